The van der Waals surface area contributed by atoms with Crippen LogP contribution in [0.5, 0.6) is 0 Å². The van der Waals surface area contributed by atoms with Gasteiger partial charge in [0.05, 0.1) is 16.8 Å². The number of para-hydroxylation sites is 2. The van der Waals surface area contributed by atoms with Gasteiger partial charge in [-0.3, -0.25) is 9.59 Å². The van der Waals surface area contributed by atoms with E-state index in [1.807, 2.05) is 6.07 Å². The van der Waals surface area contributed by atoms with Crippen LogP contribution < -0.4 is 10.9 Å². The summed E-state index contributed by atoms with van der Waals surface area (Å²) in [5, 5.41) is 7.68. The van der Waals surface area contributed by atoms with E-state index in [2.05, 4.69) is 10.4 Å². The van der Waals surface area contributed by atoms with Crippen LogP contribution in [0.3, 0.4) is 0 Å². The first-order valence-electron chi connectivity index (χ1n) is 9.71. The molecule has 0 bridgehead atoms. The van der Waals surface area contributed by atoms with E-state index >= 15 is 0 Å². The second kappa shape index (κ2) is 8.37. The lowest BCUT2D eigenvalue weighted by Crippen LogP contribution is -2.27. The quantitative estimate of drug-likeness (QED) is 0.506. The normalized spacial score (nSPS) is 11.6. The predicted octanol–water partition coefficient (Wildman–Crippen LogP) is 2.89. The Kier molecular flexibility index (Phi) is 5.60. The zero-order chi connectivity index (χ0) is 22.9. The molecule has 0 spiro atoms. The fourth-order valence-electron chi connectivity index (χ4n) is 3.27. The Morgan fingerprint density at radius 1 is 0.875 bits per heavy atom. The first-order chi connectivity index (χ1) is 15.3. The highest BCUT2D eigenvalue weighted by Gasteiger charge is 2.24. The van der Waals surface area contributed by atoms with E-state index in [0.717, 1.165) is 4.31 Å². The van der Waals surface area contributed by atoms with E-state index in [-0.39, 0.29) is 21.8 Å². The zero-order valence-electron chi connectivity index (χ0n) is 17.4. The van der Waals surface area contributed by atoms with Crippen molar-refractivity contribution in [2.45, 2.75) is 4.90 Å². The van der Waals surface area contributed by atoms with Crippen molar-refractivity contribution in [2.75, 3.05) is 19.4 Å². The van der Waals surface area contributed by atoms with Crippen LogP contribution in [0.2, 0.25) is 0 Å². The van der Waals surface area contributed by atoms with E-state index in [9.17, 15) is 18.0 Å². The number of sulfonamides is 1. The summed E-state index contributed by atoms with van der Waals surface area (Å²) >= 11 is 0. The first-order valence-corrected chi connectivity index (χ1v) is 11.1. The lowest BCUT2D eigenvalue weighted by molar-refractivity contribution is 0.102. The number of nitrogens with one attached hydrogen (secondary N) is 1. The van der Waals surface area contributed by atoms with Crippen LogP contribution in [-0.2, 0) is 10.0 Å². The molecule has 0 fully saturated rings. The Balaban J connectivity index is 1.86. The van der Waals surface area contributed by atoms with Gasteiger partial charge in [-0.1, -0.05) is 48.5 Å². The van der Waals surface area contributed by atoms with Crippen LogP contribution in [0.4, 0.5) is 5.69 Å². The number of amides is 1. The molecule has 0 aliphatic carbocycles. The van der Waals surface area contributed by atoms with Crippen LogP contribution in [0.25, 0.3) is 16.5 Å². The van der Waals surface area contributed by atoms with Gasteiger partial charge in [0.2, 0.25) is 10.0 Å². The second-order valence-electron chi connectivity index (χ2n) is 7.18. The lowest BCUT2D eigenvalue weighted by Gasteiger charge is -2.16. The number of nitrogens with zero attached hydrogens (tertiary/aromatic N) is 3. The smallest absolute Gasteiger partial charge is 0.279 e. The molecule has 162 valence electrons. The molecule has 3 aromatic carbocycles. The van der Waals surface area contributed by atoms with Gasteiger partial charge in [0, 0.05) is 19.5 Å². The standard InChI is InChI=1S/C23H20N4O4S/c1-26(2)32(30,31)20-15-9-8-14-19(20)24-22(28)21-17-12-6-7-13-18(17)23(29)27(25-21)16-10-4-3-5-11-16/h3-15H,1-2H3,(H,24,28). The van der Waals surface area contributed by atoms with Crippen molar-refractivity contribution in [3.05, 3.63) is 94.9 Å². The van der Waals surface area contributed by atoms with E-state index in [1.54, 1.807) is 60.7 Å². The number of hydrogen-bond acceptors (Lipinski definition) is 5. The molecule has 0 aliphatic heterocycles. The Labute approximate surface area is 184 Å². The monoisotopic (exact) mass is 448 g/mol. The van der Waals surface area contributed by atoms with Crippen molar-refractivity contribution >= 4 is 32.4 Å². The molecule has 1 heterocycles. The van der Waals surface area contributed by atoms with E-state index in [1.165, 1.54) is 30.9 Å². The molecule has 32 heavy (non-hydrogen) atoms. The molecule has 0 radical (unpaired) electrons. The molecular weight excluding hydrogens is 428 g/mol. The third-order valence-corrected chi connectivity index (χ3v) is 6.79. The topological polar surface area (TPSA) is 101 Å². The van der Waals surface area contributed by atoms with Crippen molar-refractivity contribution in [2.24, 2.45) is 0 Å². The highest BCUT2D eigenvalue weighted by Crippen LogP contribution is 2.24. The van der Waals surface area contributed by atoms with Gasteiger partial charge < -0.3 is 5.32 Å². The van der Waals surface area contributed by atoms with Crippen molar-refractivity contribution in [3.63, 3.8) is 0 Å². The number of hydrogen-bond donors (Lipinski definition) is 1. The van der Waals surface area contributed by atoms with Gasteiger partial charge in [-0.15, -0.1) is 0 Å². The molecule has 0 atom stereocenters. The fraction of sp³-hybridized carbons (Fsp3) is 0.0870. The SMILES string of the molecule is CN(C)S(=O)(=O)c1ccccc1NC(=O)c1nn(-c2ccccc2)c(=O)c2ccccc12. The summed E-state index contributed by atoms with van der Waals surface area (Å²) in [4.78, 5) is 26.2. The highest BCUT2D eigenvalue weighted by molar-refractivity contribution is 7.89. The van der Waals surface area contributed by atoms with Crippen LogP contribution in [0.15, 0.2) is 88.6 Å². The van der Waals surface area contributed by atoms with Gasteiger partial charge in [0.15, 0.2) is 5.69 Å². The highest BCUT2D eigenvalue weighted by atomic mass is 32.2. The third-order valence-electron chi connectivity index (χ3n) is 4.91. The Hall–Kier alpha value is -3.82. The Bertz CT molecular complexity index is 1480. The molecule has 9 heteroatoms. The van der Waals surface area contributed by atoms with Crippen molar-refractivity contribution in [1.29, 1.82) is 0 Å². The summed E-state index contributed by atoms with van der Waals surface area (Å²) in [6.45, 7) is 0. The number of carbonyl (C=O) groups is 1. The predicted molar refractivity (Wildman–Crippen MR) is 123 cm³/mol. The third kappa shape index (κ3) is 3.79. The minimum absolute atomic E-state index is 0.00103. The van der Waals surface area contributed by atoms with Gasteiger partial charge >= 0.3 is 0 Å². The first kappa shape index (κ1) is 21.4. The second-order valence-corrected chi connectivity index (χ2v) is 9.30. The number of carbonyl (C=O) groups excluding carboxylic acids is 1. The van der Waals surface area contributed by atoms with E-state index in [0.29, 0.717) is 16.5 Å². The molecule has 4 aromatic rings. The van der Waals surface area contributed by atoms with Crippen molar-refractivity contribution < 1.29 is 13.2 Å². The molecule has 0 aliphatic rings. The number of fused-ring (bicyclic) bond motifs is 1. The van der Waals surface area contributed by atoms with Gasteiger partial charge in [-0.25, -0.2) is 12.7 Å². The number of benzene rings is 3. The largest absolute Gasteiger partial charge is 0.319 e. The molecular formula is C23H20N4O4S. The van der Waals surface area contributed by atoms with E-state index < -0.39 is 15.9 Å². The Morgan fingerprint density at radius 3 is 2.16 bits per heavy atom. The van der Waals surface area contributed by atoms with Crippen LogP contribution in [0.1, 0.15) is 10.5 Å². The van der Waals surface area contributed by atoms with Gasteiger partial charge in [0.1, 0.15) is 4.90 Å². The average Bonchev–Trinajstić information content (AvgIpc) is 2.80. The summed E-state index contributed by atoms with van der Waals surface area (Å²) in [7, 11) is -0.962. The van der Waals surface area contributed by atoms with Gasteiger partial charge in [-0.05, 0) is 30.3 Å². The molecule has 0 saturated carbocycles. The maximum Gasteiger partial charge on any atom is 0.279 e. The van der Waals surface area contributed by atoms with Crippen LogP contribution in [-0.4, -0.2) is 42.5 Å². The number of anilines is 1. The number of aromatic nitrogens is 2. The summed E-state index contributed by atoms with van der Waals surface area (Å²) in [6, 6.07) is 21.6. The molecule has 1 aromatic heterocycles. The molecule has 0 saturated heterocycles. The average molecular weight is 449 g/mol. The van der Waals surface area contributed by atoms with Crippen molar-refractivity contribution in [1.82, 2.24) is 14.1 Å². The fourth-order valence-corrected chi connectivity index (χ4v) is 4.32. The van der Waals surface area contributed by atoms with Crippen LogP contribution in [0, 0.1) is 0 Å². The maximum absolute atomic E-state index is 13.3. The minimum Gasteiger partial charge on any atom is -0.319 e. The number of rotatable bonds is 5. The zero-order valence-corrected chi connectivity index (χ0v) is 18.2. The minimum atomic E-state index is -3.79. The summed E-state index contributed by atoms with van der Waals surface area (Å²) in [5.74, 6) is -0.632. The summed E-state index contributed by atoms with van der Waals surface area (Å²) in [5.41, 5.74) is 0.266. The molecule has 1 amide bonds. The van der Waals surface area contributed by atoms with E-state index in [4.69, 9.17) is 0 Å². The molecule has 4 rings (SSSR count). The molecule has 1 N–H and O–H groups in total. The molecule has 0 unspecified atom stereocenters. The van der Waals surface area contributed by atoms with Gasteiger partial charge in [0.25, 0.3) is 11.5 Å². The Morgan fingerprint density at radius 2 is 1.47 bits per heavy atom. The maximum atomic E-state index is 13.3. The molecule has 8 nitrogen and oxygen atoms in total. The summed E-state index contributed by atoms with van der Waals surface area (Å²) < 4.78 is 27.6. The van der Waals surface area contributed by atoms with Crippen molar-refractivity contribution in [3.8, 4) is 5.69 Å². The summed E-state index contributed by atoms with van der Waals surface area (Å²) in [6.07, 6.45) is 0. The van der Waals surface area contributed by atoms with Crippen LogP contribution >= 0.6 is 0 Å². The lowest BCUT2D eigenvalue weighted by atomic mass is 10.1. The van der Waals surface area contributed by atoms with Gasteiger partial charge in [-0.2, -0.15) is 9.78 Å².